The number of amides is 1. The smallest absolute Gasteiger partial charge is 0.305 e. The standard InChI is InChI=1S/C66H127NO5/c1-3-5-7-9-11-13-15-17-19-20-29-32-36-40-44-48-52-56-60-66(71)72-61-57-53-49-45-41-37-33-30-27-25-23-21-22-24-26-28-31-35-39-43-47-51-55-59-65(70)67-63(62-68)64(69)58-54-50-46-42-38-34-18-16-14-12-10-8-6-4-2/h21,23-24,26,63-64,68-69H,3-20,22,25,27-62H2,1-2H3,(H,67,70)/b23-21-,26-24-. The first kappa shape index (κ1) is 70.3. The number of allylic oxidation sites excluding steroid dienone is 4. The van der Waals surface area contributed by atoms with Crippen LogP contribution >= 0.6 is 0 Å². The van der Waals surface area contributed by atoms with Gasteiger partial charge in [0.25, 0.3) is 0 Å². The van der Waals surface area contributed by atoms with Crippen LogP contribution in [0.25, 0.3) is 0 Å². The van der Waals surface area contributed by atoms with Gasteiger partial charge in [0.15, 0.2) is 0 Å². The summed E-state index contributed by atoms with van der Waals surface area (Å²) in [6.45, 7) is 4.97. The highest BCUT2D eigenvalue weighted by Gasteiger charge is 2.20. The number of aliphatic hydroxyl groups is 2. The minimum Gasteiger partial charge on any atom is -0.466 e. The number of unbranched alkanes of at least 4 members (excludes halogenated alkanes) is 46. The van der Waals surface area contributed by atoms with E-state index < -0.39 is 12.1 Å². The summed E-state index contributed by atoms with van der Waals surface area (Å²) in [6.07, 6.45) is 76.3. The van der Waals surface area contributed by atoms with Gasteiger partial charge in [0, 0.05) is 12.8 Å². The van der Waals surface area contributed by atoms with Crippen molar-refractivity contribution in [3.63, 3.8) is 0 Å². The van der Waals surface area contributed by atoms with E-state index in [1.807, 2.05) is 0 Å². The van der Waals surface area contributed by atoms with E-state index in [0.717, 1.165) is 44.9 Å². The van der Waals surface area contributed by atoms with Gasteiger partial charge in [0.2, 0.25) is 5.91 Å². The zero-order chi connectivity index (χ0) is 52.2. The number of nitrogens with one attached hydrogen (secondary N) is 1. The lowest BCUT2D eigenvalue weighted by Crippen LogP contribution is -2.45. The molecule has 0 aromatic carbocycles. The second-order valence-electron chi connectivity index (χ2n) is 22.5. The molecule has 0 spiro atoms. The zero-order valence-corrected chi connectivity index (χ0v) is 48.7. The minimum absolute atomic E-state index is 0.0120. The van der Waals surface area contributed by atoms with Gasteiger partial charge < -0.3 is 20.3 Å². The van der Waals surface area contributed by atoms with Crippen LogP contribution in [-0.4, -0.2) is 47.4 Å². The molecule has 0 fully saturated rings. The molecule has 0 aromatic rings. The van der Waals surface area contributed by atoms with E-state index in [4.69, 9.17) is 4.74 Å². The Morgan fingerprint density at radius 3 is 1.06 bits per heavy atom. The zero-order valence-electron chi connectivity index (χ0n) is 48.7. The van der Waals surface area contributed by atoms with Crippen LogP contribution in [0.15, 0.2) is 24.3 Å². The summed E-state index contributed by atoms with van der Waals surface area (Å²) in [6, 6.07) is -0.548. The molecule has 0 aliphatic carbocycles. The largest absolute Gasteiger partial charge is 0.466 e. The van der Waals surface area contributed by atoms with Crippen molar-refractivity contribution < 1.29 is 24.5 Å². The summed E-state index contributed by atoms with van der Waals surface area (Å²) in [5, 5.41) is 23.3. The number of carbonyl (C=O) groups is 2. The lowest BCUT2D eigenvalue weighted by atomic mass is 10.0. The highest BCUT2D eigenvalue weighted by Crippen LogP contribution is 2.18. The number of esters is 1. The third-order valence-corrected chi connectivity index (χ3v) is 15.3. The average Bonchev–Trinajstić information content (AvgIpc) is 3.38. The number of rotatable bonds is 61. The summed E-state index contributed by atoms with van der Waals surface area (Å²) in [5.74, 6) is -0.0317. The van der Waals surface area contributed by atoms with Gasteiger partial charge in [0.1, 0.15) is 0 Å². The lowest BCUT2D eigenvalue weighted by molar-refractivity contribution is -0.143. The van der Waals surface area contributed by atoms with E-state index in [1.54, 1.807) is 0 Å². The van der Waals surface area contributed by atoms with Gasteiger partial charge in [-0.15, -0.1) is 0 Å². The molecule has 0 bridgehead atoms. The van der Waals surface area contributed by atoms with Crippen molar-refractivity contribution in [2.45, 2.75) is 373 Å². The van der Waals surface area contributed by atoms with Gasteiger partial charge in [-0.25, -0.2) is 0 Å². The lowest BCUT2D eigenvalue weighted by Gasteiger charge is -2.22. The molecule has 6 nitrogen and oxygen atoms in total. The second kappa shape index (κ2) is 61.9. The Balaban J connectivity index is 3.41. The molecule has 1 amide bonds. The SMILES string of the molecule is CCCCCCCCCCCCCCCCCCCCC(=O)OCCCCCCCCCCC/C=C\C/C=C\CCCCCCCCCC(=O)NC(CO)C(O)CCCCCCCCCCCCCCCC. The van der Waals surface area contributed by atoms with Crippen LogP contribution in [0, 0.1) is 0 Å². The molecule has 0 rings (SSSR count). The molecule has 6 heteroatoms. The number of hydrogen-bond donors (Lipinski definition) is 3. The molecule has 0 radical (unpaired) electrons. The normalized spacial score (nSPS) is 12.7. The van der Waals surface area contributed by atoms with Crippen LogP contribution in [0.2, 0.25) is 0 Å². The predicted octanol–water partition coefficient (Wildman–Crippen LogP) is 20.6. The summed E-state index contributed by atoms with van der Waals surface area (Å²) in [5.41, 5.74) is 0. The molecule has 0 saturated carbocycles. The fourth-order valence-corrected chi connectivity index (χ4v) is 10.3. The highest BCUT2D eigenvalue weighted by molar-refractivity contribution is 5.76. The topological polar surface area (TPSA) is 95.9 Å². The van der Waals surface area contributed by atoms with Crippen molar-refractivity contribution in [2.75, 3.05) is 13.2 Å². The predicted molar refractivity (Wildman–Crippen MR) is 315 cm³/mol. The minimum atomic E-state index is -0.670. The summed E-state index contributed by atoms with van der Waals surface area (Å²) in [7, 11) is 0. The maximum atomic E-state index is 12.5. The Morgan fingerprint density at radius 1 is 0.389 bits per heavy atom. The van der Waals surface area contributed by atoms with Gasteiger partial charge in [-0.3, -0.25) is 9.59 Å². The molecule has 426 valence electrons. The number of hydrogen-bond acceptors (Lipinski definition) is 5. The van der Waals surface area contributed by atoms with Crippen molar-refractivity contribution in [2.24, 2.45) is 0 Å². The molecular formula is C66H127NO5. The monoisotopic (exact) mass is 1010 g/mol. The maximum absolute atomic E-state index is 12.5. The van der Waals surface area contributed by atoms with Crippen LogP contribution in [0.5, 0.6) is 0 Å². The maximum Gasteiger partial charge on any atom is 0.305 e. The Bertz CT molecular complexity index is 1120. The molecule has 0 aromatic heterocycles. The Labute approximate surface area is 450 Å². The van der Waals surface area contributed by atoms with Gasteiger partial charge in [-0.2, -0.15) is 0 Å². The molecule has 0 saturated heterocycles. The Morgan fingerprint density at radius 2 is 0.694 bits per heavy atom. The van der Waals surface area contributed by atoms with Crippen molar-refractivity contribution in [3.05, 3.63) is 24.3 Å². The third kappa shape index (κ3) is 57.6. The number of aliphatic hydroxyl groups excluding tert-OH is 2. The average molecular weight is 1010 g/mol. The number of ether oxygens (including phenoxy) is 1. The van der Waals surface area contributed by atoms with Gasteiger partial charge in [-0.05, 0) is 57.8 Å². The van der Waals surface area contributed by atoms with E-state index in [1.165, 1.54) is 283 Å². The van der Waals surface area contributed by atoms with E-state index in [2.05, 4.69) is 43.5 Å². The molecule has 2 unspecified atom stereocenters. The first-order chi connectivity index (χ1) is 35.5. The Hall–Kier alpha value is -1.66. The van der Waals surface area contributed by atoms with Crippen molar-refractivity contribution in [1.29, 1.82) is 0 Å². The fourth-order valence-electron chi connectivity index (χ4n) is 10.3. The van der Waals surface area contributed by atoms with Crippen molar-refractivity contribution in [1.82, 2.24) is 5.32 Å². The third-order valence-electron chi connectivity index (χ3n) is 15.3. The van der Waals surface area contributed by atoms with Crippen LogP contribution in [0.1, 0.15) is 361 Å². The summed E-state index contributed by atoms with van der Waals surface area (Å²) in [4.78, 5) is 24.6. The van der Waals surface area contributed by atoms with E-state index in [-0.39, 0.29) is 18.5 Å². The number of carbonyl (C=O) groups excluding carboxylic acids is 2. The summed E-state index contributed by atoms with van der Waals surface area (Å²) < 4.78 is 5.50. The molecule has 72 heavy (non-hydrogen) atoms. The van der Waals surface area contributed by atoms with E-state index in [9.17, 15) is 19.8 Å². The van der Waals surface area contributed by atoms with E-state index >= 15 is 0 Å². The molecular weight excluding hydrogens is 887 g/mol. The van der Waals surface area contributed by atoms with Crippen LogP contribution in [0.4, 0.5) is 0 Å². The van der Waals surface area contributed by atoms with Gasteiger partial charge >= 0.3 is 5.97 Å². The van der Waals surface area contributed by atoms with Crippen LogP contribution in [-0.2, 0) is 14.3 Å². The van der Waals surface area contributed by atoms with Crippen LogP contribution in [0.3, 0.4) is 0 Å². The Kier molecular flexibility index (Phi) is 60.5. The van der Waals surface area contributed by atoms with E-state index in [0.29, 0.717) is 25.9 Å². The molecule has 0 heterocycles. The van der Waals surface area contributed by atoms with Gasteiger partial charge in [-0.1, -0.05) is 314 Å². The quantitative estimate of drug-likeness (QED) is 0.0320. The molecule has 2 atom stereocenters. The molecule has 3 N–H and O–H groups in total. The molecule has 0 aliphatic rings. The summed E-state index contributed by atoms with van der Waals surface area (Å²) >= 11 is 0. The van der Waals surface area contributed by atoms with Crippen molar-refractivity contribution in [3.8, 4) is 0 Å². The highest BCUT2D eigenvalue weighted by atomic mass is 16.5. The second-order valence-corrected chi connectivity index (χ2v) is 22.5. The first-order valence-corrected chi connectivity index (χ1v) is 32.6. The van der Waals surface area contributed by atoms with Crippen LogP contribution < -0.4 is 5.32 Å². The fraction of sp³-hybridized carbons (Fsp3) is 0.909. The molecule has 0 aliphatic heterocycles. The van der Waals surface area contributed by atoms with Gasteiger partial charge in [0.05, 0.1) is 25.4 Å². The van der Waals surface area contributed by atoms with Crippen molar-refractivity contribution >= 4 is 11.9 Å². The first-order valence-electron chi connectivity index (χ1n) is 32.6.